The van der Waals surface area contributed by atoms with E-state index in [1.807, 2.05) is 0 Å². The van der Waals surface area contributed by atoms with Crippen LogP contribution in [0.2, 0.25) is 10.0 Å². The molecule has 0 bridgehead atoms. The van der Waals surface area contributed by atoms with Crippen molar-refractivity contribution < 1.29 is 22.7 Å². The molecule has 1 atom stereocenters. The van der Waals surface area contributed by atoms with Crippen molar-refractivity contribution in [3.05, 3.63) is 33.6 Å². The van der Waals surface area contributed by atoms with Gasteiger partial charge >= 0.3 is 6.18 Å². The number of alkyl halides is 3. The average molecular weight is 277 g/mol. The highest BCUT2D eigenvalue weighted by Crippen LogP contribution is 2.29. The molecule has 1 rings (SSSR count). The number of hydrogen-bond acceptors (Lipinski definition) is 1. The van der Waals surface area contributed by atoms with Crippen LogP contribution in [0, 0.1) is 5.82 Å². The molecule has 0 saturated heterocycles. The maximum atomic E-state index is 13.0. The molecule has 1 N–H and O–H groups in total. The average Bonchev–Trinajstić information content (AvgIpc) is 2.12. The van der Waals surface area contributed by atoms with Crippen molar-refractivity contribution in [1.29, 1.82) is 0 Å². The van der Waals surface area contributed by atoms with Gasteiger partial charge < -0.3 is 5.11 Å². The maximum absolute atomic E-state index is 13.0. The Hall–Kier alpha value is -0.520. The molecule has 1 unspecified atom stereocenters. The fourth-order valence-electron chi connectivity index (χ4n) is 1.04. The third-order valence-electron chi connectivity index (χ3n) is 1.88. The molecule has 0 aliphatic rings. The third kappa shape index (κ3) is 3.23. The summed E-state index contributed by atoms with van der Waals surface area (Å²) in [6.07, 6.45) is -8.15. The summed E-state index contributed by atoms with van der Waals surface area (Å²) in [4.78, 5) is 0. The minimum Gasteiger partial charge on any atom is -0.383 e. The summed E-state index contributed by atoms with van der Waals surface area (Å²) in [5.41, 5.74) is -0.145. The van der Waals surface area contributed by atoms with Gasteiger partial charge in [0.05, 0.1) is 5.02 Å². The summed E-state index contributed by atoms with van der Waals surface area (Å²) in [5.74, 6) is -0.879. The monoisotopic (exact) mass is 276 g/mol. The number of hydrogen-bond donors (Lipinski definition) is 1. The fourth-order valence-corrected chi connectivity index (χ4v) is 1.50. The van der Waals surface area contributed by atoms with E-state index in [1.165, 1.54) is 0 Å². The van der Waals surface area contributed by atoms with Crippen molar-refractivity contribution in [2.24, 2.45) is 0 Å². The smallest absolute Gasteiger partial charge is 0.383 e. The van der Waals surface area contributed by atoms with Gasteiger partial charge in [0.1, 0.15) is 5.82 Å². The molecule has 7 heteroatoms. The van der Waals surface area contributed by atoms with Crippen molar-refractivity contribution in [3.63, 3.8) is 0 Å². The fraction of sp³-hybridized carbons (Fsp3) is 0.333. The van der Waals surface area contributed by atoms with Gasteiger partial charge in [-0.25, -0.2) is 4.39 Å². The summed E-state index contributed by atoms with van der Waals surface area (Å²) in [6, 6.07) is 1.77. The van der Waals surface area contributed by atoms with Crippen LogP contribution in [0.1, 0.15) is 5.56 Å². The Balaban J connectivity index is 2.94. The first kappa shape index (κ1) is 13.5. The van der Waals surface area contributed by atoms with Crippen molar-refractivity contribution in [2.45, 2.75) is 18.7 Å². The molecule has 0 aliphatic carbocycles. The summed E-state index contributed by atoms with van der Waals surface area (Å²) >= 11 is 10.9. The summed E-state index contributed by atoms with van der Waals surface area (Å²) in [6.45, 7) is 0. The molecule has 0 amide bonds. The standard InChI is InChI=1S/C9H6Cl2F4O/c10-5-3-6(11)7(12)1-4(5)2-8(16)9(13,14)15/h1,3,8,16H,2H2. The van der Waals surface area contributed by atoms with Crippen molar-refractivity contribution >= 4 is 23.2 Å². The van der Waals surface area contributed by atoms with E-state index >= 15 is 0 Å². The van der Waals surface area contributed by atoms with E-state index in [0.29, 0.717) is 0 Å². The lowest BCUT2D eigenvalue weighted by Gasteiger charge is -2.15. The zero-order valence-electron chi connectivity index (χ0n) is 7.65. The van der Waals surface area contributed by atoms with Gasteiger partial charge in [-0.15, -0.1) is 0 Å². The van der Waals surface area contributed by atoms with E-state index in [-0.39, 0.29) is 15.6 Å². The van der Waals surface area contributed by atoms with E-state index in [1.54, 1.807) is 0 Å². The highest BCUT2D eigenvalue weighted by molar-refractivity contribution is 6.35. The van der Waals surface area contributed by atoms with Gasteiger partial charge in [-0.1, -0.05) is 23.2 Å². The van der Waals surface area contributed by atoms with E-state index in [0.717, 1.165) is 12.1 Å². The van der Waals surface area contributed by atoms with Gasteiger partial charge in [-0.2, -0.15) is 13.2 Å². The Morgan fingerprint density at radius 2 is 1.75 bits per heavy atom. The molecular formula is C9H6Cl2F4O. The van der Waals surface area contributed by atoms with Crippen LogP contribution in [0.25, 0.3) is 0 Å². The number of rotatable bonds is 2. The Kier molecular flexibility index (Phi) is 4.04. The first-order valence-electron chi connectivity index (χ1n) is 4.10. The Bertz CT molecular complexity index is 392. The molecule has 1 aromatic carbocycles. The molecule has 0 aliphatic heterocycles. The van der Waals surface area contributed by atoms with Crippen LogP contribution in [-0.2, 0) is 6.42 Å². The van der Waals surface area contributed by atoms with Gasteiger partial charge in [0.15, 0.2) is 6.10 Å². The molecule has 1 aromatic rings. The van der Waals surface area contributed by atoms with Crippen molar-refractivity contribution in [1.82, 2.24) is 0 Å². The molecular weight excluding hydrogens is 271 g/mol. The van der Waals surface area contributed by atoms with Crippen LogP contribution in [0.4, 0.5) is 17.6 Å². The van der Waals surface area contributed by atoms with Gasteiger partial charge in [0.2, 0.25) is 0 Å². The lowest BCUT2D eigenvalue weighted by Crippen LogP contribution is -2.30. The van der Waals surface area contributed by atoms with E-state index in [4.69, 9.17) is 28.3 Å². The third-order valence-corrected chi connectivity index (χ3v) is 2.52. The highest BCUT2D eigenvalue weighted by atomic mass is 35.5. The van der Waals surface area contributed by atoms with Gasteiger partial charge in [0, 0.05) is 11.4 Å². The normalized spacial score (nSPS) is 13.9. The summed E-state index contributed by atoms with van der Waals surface area (Å²) in [5, 5.41) is 8.39. The van der Waals surface area contributed by atoms with Crippen LogP contribution in [0.3, 0.4) is 0 Å². The molecule has 0 saturated carbocycles. The number of halogens is 6. The number of benzene rings is 1. The number of aliphatic hydroxyl groups is 1. The SMILES string of the molecule is OC(Cc1cc(F)c(Cl)cc1Cl)C(F)(F)F. The molecule has 0 fully saturated rings. The topological polar surface area (TPSA) is 20.2 Å². The molecule has 0 radical (unpaired) electrons. The van der Waals surface area contributed by atoms with Crippen LogP contribution < -0.4 is 0 Å². The van der Waals surface area contributed by atoms with Crippen LogP contribution in [0.15, 0.2) is 12.1 Å². The second-order valence-electron chi connectivity index (χ2n) is 3.12. The second-order valence-corrected chi connectivity index (χ2v) is 3.93. The van der Waals surface area contributed by atoms with Crippen molar-refractivity contribution in [3.8, 4) is 0 Å². The molecule has 90 valence electrons. The van der Waals surface area contributed by atoms with Gasteiger partial charge in [-0.3, -0.25) is 0 Å². The zero-order chi connectivity index (χ0) is 12.5. The van der Waals surface area contributed by atoms with Crippen LogP contribution in [-0.4, -0.2) is 17.4 Å². The summed E-state index contributed by atoms with van der Waals surface area (Å²) in [7, 11) is 0. The van der Waals surface area contributed by atoms with Gasteiger partial charge in [-0.05, 0) is 17.7 Å². The van der Waals surface area contributed by atoms with E-state index in [2.05, 4.69) is 0 Å². The predicted molar refractivity (Wildman–Crippen MR) is 52.2 cm³/mol. The minimum atomic E-state index is -4.76. The highest BCUT2D eigenvalue weighted by Gasteiger charge is 2.38. The Morgan fingerprint density at radius 1 is 1.19 bits per heavy atom. The molecule has 0 heterocycles. The molecule has 0 aromatic heterocycles. The first-order valence-corrected chi connectivity index (χ1v) is 4.85. The predicted octanol–water partition coefficient (Wildman–Crippen LogP) is 3.60. The minimum absolute atomic E-state index is 0.116. The van der Waals surface area contributed by atoms with Crippen LogP contribution in [0.5, 0.6) is 0 Å². The van der Waals surface area contributed by atoms with E-state index in [9.17, 15) is 17.6 Å². The molecule has 0 spiro atoms. The van der Waals surface area contributed by atoms with Crippen LogP contribution >= 0.6 is 23.2 Å². The lowest BCUT2D eigenvalue weighted by atomic mass is 10.1. The summed E-state index contributed by atoms with van der Waals surface area (Å²) < 4.78 is 49.1. The zero-order valence-corrected chi connectivity index (χ0v) is 9.17. The quantitative estimate of drug-likeness (QED) is 0.647. The number of aliphatic hydroxyl groups excluding tert-OH is 1. The largest absolute Gasteiger partial charge is 0.414 e. The molecule has 16 heavy (non-hydrogen) atoms. The Labute approximate surface area is 98.6 Å². The second kappa shape index (κ2) is 4.77. The first-order chi connectivity index (χ1) is 7.21. The lowest BCUT2D eigenvalue weighted by molar-refractivity contribution is -0.203. The Morgan fingerprint density at radius 3 is 2.25 bits per heavy atom. The maximum Gasteiger partial charge on any atom is 0.414 e. The van der Waals surface area contributed by atoms with Crippen molar-refractivity contribution in [2.75, 3.05) is 0 Å². The molecule has 1 nitrogen and oxygen atoms in total. The van der Waals surface area contributed by atoms with E-state index < -0.39 is 24.5 Å². The van der Waals surface area contributed by atoms with Gasteiger partial charge in [0.25, 0.3) is 0 Å².